The second-order valence-electron chi connectivity index (χ2n) is 5.98. The van der Waals surface area contributed by atoms with Crippen LogP contribution in [0.25, 0.3) is 6.08 Å². The van der Waals surface area contributed by atoms with Crippen LogP contribution in [0.4, 0.5) is 4.39 Å². The fourth-order valence-electron chi connectivity index (χ4n) is 3.02. The lowest BCUT2D eigenvalue weighted by Gasteiger charge is -2.12. The van der Waals surface area contributed by atoms with Crippen LogP contribution in [0, 0.1) is 5.82 Å². The molecule has 25 heavy (non-hydrogen) atoms. The highest BCUT2D eigenvalue weighted by atomic mass is 19.1. The maximum Gasteiger partial charge on any atom is 0.251 e. The van der Waals surface area contributed by atoms with E-state index in [4.69, 9.17) is 0 Å². The number of aryl methyl sites for hydroxylation is 1. The molecule has 4 nitrogen and oxygen atoms in total. The topological polar surface area (TPSA) is 58.2 Å². The number of rotatable bonds is 4. The predicted molar refractivity (Wildman–Crippen MR) is 94.5 cm³/mol. The van der Waals surface area contributed by atoms with Crippen molar-refractivity contribution in [3.8, 4) is 0 Å². The number of hydrogen-bond acceptors (Lipinski definition) is 2. The summed E-state index contributed by atoms with van der Waals surface area (Å²) in [4.78, 5) is 23.6. The van der Waals surface area contributed by atoms with Gasteiger partial charge in [-0.05, 0) is 59.9 Å². The molecule has 0 spiro atoms. The van der Waals surface area contributed by atoms with E-state index in [0.717, 1.165) is 29.5 Å². The molecule has 2 aromatic carbocycles. The molecule has 1 aliphatic rings. The zero-order valence-corrected chi connectivity index (χ0v) is 13.9. The van der Waals surface area contributed by atoms with Gasteiger partial charge in [0.2, 0.25) is 5.91 Å². The average molecular weight is 338 g/mol. The van der Waals surface area contributed by atoms with Crippen molar-refractivity contribution in [1.29, 1.82) is 0 Å². The molecule has 1 unspecified atom stereocenters. The lowest BCUT2D eigenvalue weighted by Crippen LogP contribution is -2.25. The number of halogens is 1. The van der Waals surface area contributed by atoms with E-state index < -0.39 is 0 Å². The molecule has 1 aliphatic carbocycles. The number of fused-ring (bicyclic) bond motifs is 1. The lowest BCUT2D eigenvalue weighted by molar-refractivity contribution is -0.117. The highest BCUT2D eigenvalue weighted by Gasteiger charge is 2.23. The van der Waals surface area contributed by atoms with Crippen LogP contribution in [0.3, 0.4) is 0 Å². The Labute approximate surface area is 145 Å². The third-order valence-electron chi connectivity index (χ3n) is 4.33. The average Bonchev–Trinajstić information content (AvgIpc) is 3.01. The molecular formula is C20H19FN2O2. The molecule has 0 saturated heterocycles. The van der Waals surface area contributed by atoms with Gasteiger partial charge in [-0.1, -0.05) is 18.2 Å². The first-order valence-electron chi connectivity index (χ1n) is 8.16. The largest absolute Gasteiger partial charge is 0.355 e. The SMILES string of the molecule is CNC(=O)c1ccc(/C=C/C(=O)NC2CCc3cc(F)ccc32)cc1. The highest BCUT2D eigenvalue weighted by Crippen LogP contribution is 2.31. The van der Waals surface area contributed by atoms with E-state index in [9.17, 15) is 14.0 Å². The quantitative estimate of drug-likeness (QED) is 0.842. The van der Waals surface area contributed by atoms with Crippen molar-refractivity contribution >= 4 is 17.9 Å². The van der Waals surface area contributed by atoms with Crippen molar-refractivity contribution < 1.29 is 14.0 Å². The Morgan fingerprint density at radius 3 is 2.64 bits per heavy atom. The molecule has 2 amide bonds. The van der Waals surface area contributed by atoms with Crippen LogP contribution in [0.1, 0.15) is 39.5 Å². The van der Waals surface area contributed by atoms with Crippen LogP contribution in [-0.2, 0) is 11.2 Å². The Balaban J connectivity index is 1.62. The minimum atomic E-state index is -0.245. The fraction of sp³-hybridized carbons (Fsp3) is 0.200. The molecule has 0 aliphatic heterocycles. The summed E-state index contributed by atoms with van der Waals surface area (Å²) in [6.45, 7) is 0. The van der Waals surface area contributed by atoms with Gasteiger partial charge in [0.15, 0.2) is 0 Å². The molecule has 0 saturated carbocycles. The van der Waals surface area contributed by atoms with E-state index in [1.165, 1.54) is 18.2 Å². The van der Waals surface area contributed by atoms with Gasteiger partial charge in [-0.25, -0.2) is 4.39 Å². The molecule has 0 heterocycles. The van der Waals surface area contributed by atoms with Crippen LogP contribution >= 0.6 is 0 Å². The molecule has 128 valence electrons. The monoisotopic (exact) mass is 338 g/mol. The molecule has 2 aromatic rings. The van der Waals surface area contributed by atoms with Crippen LogP contribution < -0.4 is 10.6 Å². The number of amides is 2. The zero-order chi connectivity index (χ0) is 17.8. The van der Waals surface area contributed by atoms with E-state index in [0.29, 0.717) is 5.56 Å². The number of benzene rings is 2. The lowest BCUT2D eigenvalue weighted by atomic mass is 10.1. The van der Waals surface area contributed by atoms with Gasteiger partial charge in [-0.15, -0.1) is 0 Å². The van der Waals surface area contributed by atoms with Gasteiger partial charge in [0.05, 0.1) is 6.04 Å². The summed E-state index contributed by atoms with van der Waals surface area (Å²) in [5, 5.41) is 5.51. The molecular weight excluding hydrogens is 319 g/mol. The van der Waals surface area contributed by atoms with E-state index in [1.807, 2.05) is 0 Å². The maximum atomic E-state index is 13.2. The van der Waals surface area contributed by atoms with E-state index >= 15 is 0 Å². The number of nitrogens with one attached hydrogen (secondary N) is 2. The van der Waals surface area contributed by atoms with Crippen molar-refractivity contribution in [2.45, 2.75) is 18.9 Å². The summed E-state index contributed by atoms with van der Waals surface area (Å²) in [5.74, 6) is -0.590. The second-order valence-corrected chi connectivity index (χ2v) is 5.98. The first kappa shape index (κ1) is 16.9. The third kappa shape index (κ3) is 3.94. The second kappa shape index (κ2) is 7.30. The third-order valence-corrected chi connectivity index (χ3v) is 4.33. The minimum Gasteiger partial charge on any atom is -0.355 e. The summed E-state index contributed by atoms with van der Waals surface area (Å²) in [6.07, 6.45) is 4.71. The first-order chi connectivity index (χ1) is 12.1. The first-order valence-corrected chi connectivity index (χ1v) is 8.16. The normalized spacial score (nSPS) is 15.8. The molecule has 0 aromatic heterocycles. The molecule has 0 radical (unpaired) electrons. The summed E-state index contributed by atoms with van der Waals surface area (Å²) in [5.41, 5.74) is 3.34. The van der Waals surface area contributed by atoms with E-state index in [-0.39, 0.29) is 23.7 Å². The molecule has 0 fully saturated rings. The number of carbonyl (C=O) groups excluding carboxylic acids is 2. The Hall–Kier alpha value is -2.95. The van der Waals surface area contributed by atoms with Gasteiger partial charge in [-0.2, -0.15) is 0 Å². The van der Waals surface area contributed by atoms with Crippen molar-refractivity contribution in [2.24, 2.45) is 0 Å². The Morgan fingerprint density at radius 2 is 1.92 bits per heavy atom. The number of carbonyl (C=O) groups is 2. The summed E-state index contributed by atoms with van der Waals surface area (Å²) in [6, 6.07) is 11.6. The number of hydrogen-bond donors (Lipinski definition) is 2. The molecule has 0 bridgehead atoms. The molecule has 3 rings (SSSR count). The predicted octanol–water partition coefficient (Wildman–Crippen LogP) is 3.00. The Bertz CT molecular complexity index is 828. The molecule has 2 N–H and O–H groups in total. The van der Waals surface area contributed by atoms with Crippen LogP contribution in [-0.4, -0.2) is 18.9 Å². The van der Waals surface area contributed by atoms with Crippen LogP contribution in [0.15, 0.2) is 48.5 Å². The van der Waals surface area contributed by atoms with Crippen molar-refractivity contribution in [1.82, 2.24) is 10.6 Å². The maximum absolute atomic E-state index is 13.2. The van der Waals surface area contributed by atoms with Crippen LogP contribution in [0.2, 0.25) is 0 Å². The highest BCUT2D eigenvalue weighted by molar-refractivity contribution is 5.95. The fourth-order valence-corrected chi connectivity index (χ4v) is 3.02. The standard InChI is InChI=1S/C20H19FN2O2/c1-22-20(25)14-5-2-13(3-6-14)4-11-19(24)23-18-10-7-15-12-16(21)8-9-17(15)18/h2-6,8-9,11-12,18H,7,10H2,1H3,(H,22,25)(H,23,24)/b11-4+. The van der Waals surface area contributed by atoms with Crippen molar-refractivity contribution in [2.75, 3.05) is 7.05 Å². The van der Waals surface area contributed by atoms with E-state index in [2.05, 4.69) is 10.6 Å². The summed E-state index contributed by atoms with van der Waals surface area (Å²) < 4.78 is 13.2. The molecule has 1 atom stereocenters. The minimum absolute atomic E-state index is 0.0802. The van der Waals surface area contributed by atoms with Crippen LogP contribution in [0.5, 0.6) is 0 Å². The smallest absolute Gasteiger partial charge is 0.251 e. The van der Waals surface area contributed by atoms with Gasteiger partial charge in [0, 0.05) is 18.7 Å². The zero-order valence-electron chi connectivity index (χ0n) is 13.9. The van der Waals surface area contributed by atoms with Gasteiger partial charge < -0.3 is 10.6 Å². The van der Waals surface area contributed by atoms with Crippen molar-refractivity contribution in [3.05, 3.63) is 76.6 Å². The van der Waals surface area contributed by atoms with Gasteiger partial charge in [-0.3, -0.25) is 9.59 Å². The van der Waals surface area contributed by atoms with Gasteiger partial charge in [0.25, 0.3) is 5.91 Å². The Morgan fingerprint density at radius 1 is 1.16 bits per heavy atom. The Kier molecular flexibility index (Phi) is 4.93. The van der Waals surface area contributed by atoms with Crippen molar-refractivity contribution in [3.63, 3.8) is 0 Å². The molecule has 5 heteroatoms. The summed E-state index contributed by atoms with van der Waals surface area (Å²) in [7, 11) is 1.58. The summed E-state index contributed by atoms with van der Waals surface area (Å²) >= 11 is 0. The van der Waals surface area contributed by atoms with Gasteiger partial charge >= 0.3 is 0 Å². The van der Waals surface area contributed by atoms with Gasteiger partial charge in [0.1, 0.15) is 5.82 Å². The van der Waals surface area contributed by atoms with E-state index in [1.54, 1.807) is 43.5 Å².